The van der Waals surface area contributed by atoms with E-state index in [2.05, 4.69) is 36.2 Å². The summed E-state index contributed by atoms with van der Waals surface area (Å²) in [4.78, 5) is 15.9. The van der Waals surface area contributed by atoms with E-state index in [1.807, 2.05) is 0 Å². The maximum Gasteiger partial charge on any atom is 0.226 e. The van der Waals surface area contributed by atoms with Crippen LogP contribution in [0.1, 0.15) is 51.7 Å². The number of nitrogens with zero attached hydrogens (tertiary/aromatic N) is 2. The maximum atomic E-state index is 11.8. The summed E-state index contributed by atoms with van der Waals surface area (Å²) < 4.78 is 4.98. The quantitative estimate of drug-likeness (QED) is 0.793. The number of amides is 1. The fourth-order valence-electron chi connectivity index (χ4n) is 2.04. The van der Waals surface area contributed by atoms with Crippen molar-refractivity contribution in [2.45, 2.75) is 59.4 Å². The SMILES string of the molecule is Cc1noc(CCCC(=O)NC(CO)CC(C)(C)C)n1. The van der Waals surface area contributed by atoms with Gasteiger partial charge >= 0.3 is 0 Å². The summed E-state index contributed by atoms with van der Waals surface area (Å²) >= 11 is 0. The molecule has 6 heteroatoms. The van der Waals surface area contributed by atoms with Gasteiger partial charge in [-0.25, -0.2) is 0 Å². The lowest BCUT2D eigenvalue weighted by Crippen LogP contribution is -2.39. The third kappa shape index (κ3) is 6.65. The Labute approximate surface area is 120 Å². The van der Waals surface area contributed by atoms with E-state index in [0.29, 0.717) is 31.0 Å². The van der Waals surface area contributed by atoms with Gasteiger partial charge in [-0.15, -0.1) is 0 Å². The zero-order valence-corrected chi connectivity index (χ0v) is 12.8. The lowest BCUT2D eigenvalue weighted by atomic mass is 9.88. The van der Waals surface area contributed by atoms with Gasteiger partial charge in [-0.1, -0.05) is 25.9 Å². The Morgan fingerprint density at radius 1 is 1.45 bits per heavy atom. The summed E-state index contributed by atoms with van der Waals surface area (Å²) in [6.07, 6.45) is 2.39. The van der Waals surface area contributed by atoms with Gasteiger partial charge in [0.25, 0.3) is 0 Å². The van der Waals surface area contributed by atoms with Gasteiger partial charge in [0.15, 0.2) is 5.82 Å². The van der Waals surface area contributed by atoms with Crippen LogP contribution >= 0.6 is 0 Å². The Balaban J connectivity index is 2.28. The van der Waals surface area contributed by atoms with Crippen LogP contribution in [0.25, 0.3) is 0 Å². The van der Waals surface area contributed by atoms with E-state index in [1.165, 1.54) is 0 Å². The van der Waals surface area contributed by atoms with Crippen LogP contribution in [0.4, 0.5) is 0 Å². The fourth-order valence-corrected chi connectivity index (χ4v) is 2.04. The molecule has 6 nitrogen and oxygen atoms in total. The van der Waals surface area contributed by atoms with Crippen LogP contribution in [-0.4, -0.2) is 33.8 Å². The highest BCUT2D eigenvalue weighted by atomic mass is 16.5. The summed E-state index contributed by atoms with van der Waals surface area (Å²) in [6.45, 7) is 7.98. The number of aryl methyl sites for hydroxylation is 2. The summed E-state index contributed by atoms with van der Waals surface area (Å²) in [6, 6.07) is -0.187. The van der Waals surface area contributed by atoms with Gasteiger partial charge in [0, 0.05) is 12.8 Å². The minimum atomic E-state index is -0.187. The lowest BCUT2D eigenvalue weighted by Gasteiger charge is -2.25. The van der Waals surface area contributed by atoms with Gasteiger partial charge < -0.3 is 14.9 Å². The van der Waals surface area contributed by atoms with Crippen LogP contribution in [0.3, 0.4) is 0 Å². The van der Waals surface area contributed by atoms with Crippen molar-refractivity contribution in [1.29, 1.82) is 0 Å². The highest BCUT2D eigenvalue weighted by Gasteiger charge is 2.19. The molecule has 1 amide bonds. The molecule has 0 aliphatic rings. The first-order chi connectivity index (χ1) is 9.30. The zero-order valence-electron chi connectivity index (χ0n) is 12.8. The third-order valence-corrected chi connectivity index (χ3v) is 2.81. The van der Waals surface area contributed by atoms with Crippen molar-refractivity contribution in [2.24, 2.45) is 5.41 Å². The minimum Gasteiger partial charge on any atom is -0.394 e. The second-order valence-electron chi connectivity index (χ2n) is 6.30. The molecule has 0 fully saturated rings. The van der Waals surface area contributed by atoms with E-state index in [0.717, 1.165) is 6.42 Å². The monoisotopic (exact) mass is 283 g/mol. The second kappa shape index (κ2) is 7.38. The second-order valence-corrected chi connectivity index (χ2v) is 6.30. The van der Waals surface area contributed by atoms with E-state index in [-0.39, 0.29) is 24.0 Å². The lowest BCUT2D eigenvalue weighted by molar-refractivity contribution is -0.122. The van der Waals surface area contributed by atoms with E-state index in [9.17, 15) is 9.90 Å². The van der Waals surface area contributed by atoms with Gasteiger partial charge in [0.2, 0.25) is 11.8 Å². The van der Waals surface area contributed by atoms with Crippen LogP contribution in [-0.2, 0) is 11.2 Å². The van der Waals surface area contributed by atoms with E-state index < -0.39 is 0 Å². The molecule has 1 aromatic rings. The number of aromatic nitrogens is 2. The summed E-state index contributed by atoms with van der Waals surface area (Å²) in [5, 5.41) is 15.9. The van der Waals surface area contributed by atoms with Crippen LogP contribution < -0.4 is 5.32 Å². The van der Waals surface area contributed by atoms with Gasteiger partial charge in [0.1, 0.15) is 0 Å². The average Bonchev–Trinajstić information content (AvgIpc) is 2.72. The number of rotatable bonds is 7. The van der Waals surface area contributed by atoms with Crippen LogP contribution in [0.2, 0.25) is 0 Å². The molecule has 0 aliphatic heterocycles. The van der Waals surface area contributed by atoms with Crippen LogP contribution in [0.5, 0.6) is 0 Å². The molecule has 1 heterocycles. The van der Waals surface area contributed by atoms with Crippen molar-refractivity contribution >= 4 is 5.91 Å². The Morgan fingerprint density at radius 3 is 2.65 bits per heavy atom. The number of nitrogens with one attached hydrogen (secondary N) is 1. The highest BCUT2D eigenvalue weighted by molar-refractivity contribution is 5.76. The summed E-state index contributed by atoms with van der Waals surface area (Å²) in [5.41, 5.74) is 0.0714. The Morgan fingerprint density at radius 2 is 2.15 bits per heavy atom. The predicted molar refractivity (Wildman–Crippen MR) is 75.1 cm³/mol. The smallest absolute Gasteiger partial charge is 0.226 e. The Hall–Kier alpha value is -1.43. The van der Waals surface area contributed by atoms with Crippen LogP contribution in [0, 0.1) is 12.3 Å². The summed E-state index contributed by atoms with van der Waals surface area (Å²) in [5.74, 6) is 1.11. The molecule has 1 atom stereocenters. The number of carbonyl (C=O) groups excluding carboxylic acids is 1. The molecule has 2 N–H and O–H groups in total. The maximum absolute atomic E-state index is 11.8. The highest BCUT2D eigenvalue weighted by Crippen LogP contribution is 2.20. The summed E-state index contributed by atoms with van der Waals surface area (Å²) in [7, 11) is 0. The number of hydrogen-bond donors (Lipinski definition) is 2. The molecule has 0 aromatic carbocycles. The van der Waals surface area contributed by atoms with Gasteiger partial charge in [0.05, 0.1) is 12.6 Å². The van der Waals surface area contributed by atoms with E-state index >= 15 is 0 Å². The Kier molecular flexibility index (Phi) is 6.13. The minimum absolute atomic E-state index is 0.0358. The van der Waals surface area contributed by atoms with Crippen molar-refractivity contribution in [3.05, 3.63) is 11.7 Å². The molecular formula is C14H25N3O3. The molecule has 114 valence electrons. The first-order valence-electron chi connectivity index (χ1n) is 6.99. The molecular weight excluding hydrogens is 258 g/mol. The third-order valence-electron chi connectivity index (χ3n) is 2.81. The van der Waals surface area contributed by atoms with E-state index in [1.54, 1.807) is 6.92 Å². The topological polar surface area (TPSA) is 88.2 Å². The molecule has 0 bridgehead atoms. The van der Waals surface area contributed by atoms with Crippen molar-refractivity contribution < 1.29 is 14.4 Å². The number of hydrogen-bond acceptors (Lipinski definition) is 5. The molecule has 0 radical (unpaired) electrons. The molecule has 0 aliphatic carbocycles. The molecule has 1 rings (SSSR count). The molecule has 1 aromatic heterocycles. The van der Waals surface area contributed by atoms with E-state index in [4.69, 9.17) is 4.52 Å². The molecule has 1 unspecified atom stereocenters. The first kappa shape index (κ1) is 16.6. The fraction of sp³-hybridized carbons (Fsp3) is 0.786. The standard InChI is InChI=1S/C14H25N3O3/c1-10-15-13(20-17-10)7-5-6-12(19)16-11(9-18)8-14(2,3)4/h11,18H,5-9H2,1-4H3,(H,16,19). The van der Waals surface area contributed by atoms with Gasteiger partial charge in [-0.2, -0.15) is 4.98 Å². The number of aliphatic hydroxyl groups excluding tert-OH is 1. The van der Waals surface area contributed by atoms with Crippen LogP contribution in [0.15, 0.2) is 4.52 Å². The average molecular weight is 283 g/mol. The van der Waals surface area contributed by atoms with Crippen molar-refractivity contribution in [3.63, 3.8) is 0 Å². The van der Waals surface area contributed by atoms with Gasteiger partial charge in [-0.05, 0) is 25.2 Å². The van der Waals surface area contributed by atoms with Crippen molar-refractivity contribution in [2.75, 3.05) is 6.61 Å². The molecule has 0 spiro atoms. The molecule has 0 saturated carbocycles. The van der Waals surface area contributed by atoms with Crippen molar-refractivity contribution in [3.8, 4) is 0 Å². The predicted octanol–water partition coefficient (Wildman–Crippen LogP) is 1.61. The van der Waals surface area contributed by atoms with Crippen molar-refractivity contribution in [1.82, 2.24) is 15.5 Å². The normalized spacial score (nSPS) is 13.2. The number of aliphatic hydroxyl groups is 1. The molecule has 0 saturated heterocycles. The Bertz CT molecular complexity index is 424. The largest absolute Gasteiger partial charge is 0.394 e. The zero-order chi connectivity index (χ0) is 15.2. The molecule has 20 heavy (non-hydrogen) atoms. The first-order valence-corrected chi connectivity index (χ1v) is 6.99. The number of carbonyl (C=O) groups is 1. The van der Waals surface area contributed by atoms with Gasteiger partial charge in [-0.3, -0.25) is 4.79 Å².